The van der Waals surface area contributed by atoms with E-state index < -0.39 is 31.1 Å². The van der Waals surface area contributed by atoms with E-state index >= 15 is 0 Å². The summed E-state index contributed by atoms with van der Waals surface area (Å²) in [5.41, 5.74) is 0.362. The maximum atomic E-state index is 14.9. The van der Waals surface area contributed by atoms with Crippen LogP contribution in [0.4, 0.5) is 15.0 Å². The number of hydrogen-bond donors (Lipinski definition) is 1. The van der Waals surface area contributed by atoms with Crippen molar-refractivity contribution in [3.63, 3.8) is 0 Å². The zero-order valence-corrected chi connectivity index (χ0v) is 28.4. The first kappa shape index (κ1) is 33.6. The molecular weight excluding hydrogens is 607 g/mol. The highest BCUT2D eigenvalue weighted by Crippen LogP contribution is 2.37. The van der Waals surface area contributed by atoms with Gasteiger partial charge in [0.2, 0.25) is 0 Å². The monoisotopic (exact) mass is 648 g/mol. The molecule has 11 nitrogen and oxygen atoms in total. The molecule has 44 heavy (non-hydrogen) atoms. The second-order valence-corrected chi connectivity index (χ2v) is 18.1. The fourth-order valence-electron chi connectivity index (χ4n) is 4.95. The molecule has 0 saturated carbocycles. The number of carboxylic acid groups (broad SMARTS) is 1. The standard InChI is InChI=1S/C30H42ClFN6O5Si/c1-18(2)23-24(22(10-11-33-23)42-14-9-15-43-44(7,8)30(4,5)6)38-27-20(16-21(32)25(31)34-27)26(35-28(38)39)37-13-12-36(29(40)41)17-19(37)3/h10-11,16,18-19H,9,12-15,17H2,1-8H3,(H,40,41). The third-order valence-corrected chi connectivity index (χ3v) is 13.2. The SMILES string of the molecule is CC(C)c1nccc(OCCCO[Si](C)(C)C(C)(C)C)c1-n1c(=O)nc(N2CCN(C(=O)O)CC2C)c2cc(F)c(Cl)nc21. The van der Waals surface area contributed by atoms with Crippen LogP contribution in [0.2, 0.25) is 23.3 Å². The molecule has 1 amide bonds. The van der Waals surface area contributed by atoms with E-state index in [0.717, 1.165) is 0 Å². The van der Waals surface area contributed by atoms with E-state index in [4.69, 9.17) is 20.8 Å². The molecule has 3 aromatic heterocycles. The van der Waals surface area contributed by atoms with Gasteiger partial charge in [-0.05, 0) is 37.0 Å². The molecule has 1 fully saturated rings. The molecule has 0 radical (unpaired) electrons. The van der Waals surface area contributed by atoms with Crippen molar-refractivity contribution >= 4 is 42.9 Å². The Morgan fingerprint density at radius 2 is 1.93 bits per heavy atom. The van der Waals surface area contributed by atoms with Gasteiger partial charge in [-0.15, -0.1) is 0 Å². The number of anilines is 1. The lowest BCUT2D eigenvalue weighted by Crippen LogP contribution is -2.54. The number of fused-ring (bicyclic) bond motifs is 1. The van der Waals surface area contributed by atoms with Crippen LogP contribution in [0.1, 0.15) is 59.6 Å². The Hall–Kier alpha value is -3.29. The molecule has 1 saturated heterocycles. The van der Waals surface area contributed by atoms with Crippen LogP contribution in [-0.2, 0) is 4.43 Å². The van der Waals surface area contributed by atoms with Gasteiger partial charge < -0.3 is 24.1 Å². The van der Waals surface area contributed by atoms with Crippen molar-refractivity contribution in [1.82, 2.24) is 24.4 Å². The number of pyridine rings is 2. The van der Waals surface area contributed by atoms with E-state index in [9.17, 15) is 19.1 Å². The third-order valence-electron chi connectivity index (χ3n) is 8.43. The second-order valence-electron chi connectivity index (χ2n) is 13.0. The molecule has 0 aliphatic carbocycles. The molecule has 3 aromatic rings. The summed E-state index contributed by atoms with van der Waals surface area (Å²) in [7, 11) is -1.91. The normalized spacial score (nSPS) is 16.2. The lowest BCUT2D eigenvalue weighted by molar-refractivity contribution is 0.136. The number of piperazine rings is 1. The third kappa shape index (κ3) is 6.84. The summed E-state index contributed by atoms with van der Waals surface area (Å²) in [4.78, 5) is 41.9. The van der Waals surface area contributed by atoms with Crippen molar-refractivity contribution in [2.45, 2.75) is 78.1 Å². The fourth-order valence-corrected chi connectivity index (χ4v) is 6.17. The van der Waals surface area contributed by atoms with Crippen molar-refractivity contribution < 1.29 is 23.5 Å². The molecule has 0 bridgehead atoms. The summed E-state index contributed by atoms with van der Waals surface area (Å²) >= 11 is 6.18. The van der Waals surface area contributed by atoms with E-state index in [1.54, 1.807) is 17.2 Å². The molecule has 1 aliphatic rings. The molecule has 4 heterocycles. The number of halogens is 2. The van der Waals surface area contributed by atoms with E-state index in [1.165, 1.54) is 15.5 Å². The molecule has 14 heteroatoms. The number of carbonyl (C=O) groups is 1. The van der Waals surface area contributed by atoms with E-state index in [1.807, 2.05) is 20.8 Å². The Morgan fingerprint density at radius 3 is 2.55 bits per heavy atom. The van der Waals surface area contributed by atoms with Crippen LogP contribution >= 0.6 is 11.6 Å². The van der Waals surface area contributed by atoms with Crippen molar-refractivity contribution in [2.75, 3.05) is 37.7 Å². The molecule has 1 N–H and O–H groups in total. The summed E-state index contributed by atoms with van der Waals surface area (Å²) in [6, 6.07) is 2.56. The van der Waals surface area contributed by atoms with Gasteiger partial charge in [0.1, 0.15) is 17.3 Å². The van der Waals surface area contributed by atoms with Crippen molar-refractivity contribution in [2.24, 2.45) is 0 Å². The number of amides is 1. The quantitative estimate of drug-likeness (QED) is 0.167. The first-order valence-electron chi connectivity index (χ1n) is 14.8. The summed E-state index contributed by atoms with van der Waals surface area (Å²) < 4.78 is 28.7. The van der Waals surface area contributed by atoms with E-state index in [-0.39, 0.29) is 53.5 Å². The van der Waals surface area contributed by atoms with Crippen LogP contribution in [0, 0.1) is 5.82 Å². The van der Waals surface area contributed by atoms with Gasteiger partial charge in [-0.2, -0.15) is 4.98 Å². The maximum absolute atomic E-state index is 14.9. The molecule has 240 valence electrons. The Labute approximate surface area is 263 Å². The molecule has 1 unspecified atom stereocenters. The average Bonchev–Trinajstić information content (AvgIpc) is 2.93. The fraction of sp³-hybridized carbons (Fsp3) is 0.567. The van der Waals surface area contributed by atoms with Gasteiger partial charge in [0.15, 0.2) is 24.9 Å². The minimum absolute atomic E-state index is 0.0923. The summed E-state index contributed by atoms with van der Waals surface area (Å²) in [6.07, 6.45) is 1.23. The van der Waals surface area contributed by atoms with Gasteiger partial charge in [-0.1, -0.05) is 46.2 Å². The highest BCUT2D eigenvalue weighted by atomic mass is 35.5. The van der Waals surface area contributed by atoms with Gasteiger partial charge in [-0.3, -0.25) is 4.98 Å². The van der Waals surface area contributed by atoms with E-state index in [2.05, 4.69) is 48.8 Å². The number of nitrogens with zero attached hydrogens (tertiary/aromatic N) is 6. The lowest BCUT2D eigenvalue weighted by atomic mass is 10.1. The number of aromatic nitrogens is 4. The van der Waals surface area contributed by atoms with Crippen LogP contribution < -0.4 is 15.3 Å². The van der Waals surface area contributed by atoms with Crippen molar-refractivity contribution in [1.29, 1.82) is 0 Å². The van der Waals surface area contributed by atoms with Gasteiger partial charge in [0.25, 0.3) is 0 Å². The number of hydrogen-bond acceptors (Lipinski definition) is 8. The molecule has 4 rings (SSSR count). The van der Waals surface area contributed by atoms with Crippen LogP contribution in [0.5, 0.6) is 5.75 Å². The Kier molecular flexibility index (Phi) is 9.91. The zero-order valence-electron chi connectivity index (χ0n) is 26.6. The highest BCUT2D eigenvalue weighted by Gasteiger charge is 2.37. The first-order valence-corrected chi connectivity index (χ1v) is 18.1. The average molecular weight is 649 g/mol. The lowest BCUT2D eigenvalue weighted by Gasteiger charge is -2.39. The minimum atomic E-state index is -1.91. The van der Waals surface area contributed by atoms with Crippen LogP contribution in [0.15, 0.2) is 23.1 Å². The topological polar surface area (TPSA) is 123 Å². The summed E-state index contributed by atoms with van der Waals surface area (Å²) in [5, 5.41) is 9.41. The second kappa shape index (κ2) is 13.0. The molecule has 1 atom stereocenters. The predicted molar refractivity (Wildman–Crippen MR) is 172 cm³/mol. The molecule has 1 aliphatic heterocycles. The molecule has 0 aromatic carbocycles. The first-order chi connectivity index (χ1) is 20.5. The Morgan fingerprint density at radius 1 is 1.23 bits per heavy atom. The van der Waals surface area contributed by atoms with Crippen molar-refractivity contribution in [3.8, 4) is 11.4 Å². The van der Waals surface area contributed by atoms with Gasteiger partial charge in [0, 0.05) is 51.0 Å². The summed E-state index contributed by atoms with van der Waals surface area (Å²) in [6.45, 7) is 18.2. The summed E-state index contributed by atoms with van der Waals surface area (Å²) in [5.74, 6) is -0.267. The molecule has 0 spiro atoms. The molecular formula is C30H42ClFN6O5Si. The minimum Gasteiger partial charge on any atom is -0.491 e. The van der Waals surface area contributed by atoms with Gasteiger partial charge in [0.05, 0.1) is 17.7 Å². The maximum Gasteiger partial charge on any atom is 0.407 e. The smallest absolute Gasteiger partial charge is 0.407 e. The Bertz CT molecular complexity index is 1590. The highest BCUT2D eigenvalue weighted by molar-refractivity contribution is 6.74. The van der Waals surface area contributed by atoms with Gasteiger partial charge in [-0.25, -0.2) is 23.5 Å². The Balaban J connectivity index is 1.78. The van der Waals surface area contributed by atoms with E-state index in [0.29, 0.717) is 36.8 Å². The van der Waals surface area contributed by atoms with Gasteiger partial charge >= 0.3 is 11.8 Å². The number of ether oxygens (including phenoxy) is 1. The van der Waals surface area contributed by atoms with Crippen LogP contribution in [-0.4, -0.2) is 82.8 Å². The van der Waals surface area contributed by atoms with Crippen molar-refractivity contribution in [3.05, 3.63) is 45.5 Å². The van der Waals surface area contributed by atoms with Crippen LogP contribution in [0.3, 0.4) is 0 Å². The number of rotatable bonds is 9. The largest absolute Gasteiger partial charge is 0.491 e. The van der Waals surface area contributed by atoms with Crippen LogP contribution in [0.25, 0.3) is 16.7 Å². The predicted octanol–water partition coefficient (Wildman–Crippen LogP) is 6.07. The zero-order chi connectivity index (χ0) is 32.6.